The van der Waals surface area contributed by atoms with Crippen LogP contribution in [0.15, 0.2) is 23.3 Å². The SMILES string of the molecule is O=C1N=CC(Br)c2ncccc21. The number of aliphatic imine (C=N–C) groups is 1. The summed E-state index contributed by atoms with van der Waals surface area (Å²) in [5.74, 6) is -0.214. The largest absolute Gasteiger partial charge is 0.278 e. The van der Waals surface area contributed by atoms with Gasteiger partial charge < -0.3 is 0 Å². The third-order valence-corrected chi connectivity index (χ3v) is 2.32. The lowest BCUT2D eigenvalue weighted by Crippen LogP contribution is -2.11. The molecule has 4 heteroatoms. The number of halogens is 1. The van der Waals surface area contributed by atoms with Crippen molar-refractivity contribution in [1.29, 1.82) is 0 Å². The first-order chi connectivity index (χ1) is 5.79. The van der Waals surface area contributed by atoms with Gasteiger partial charge in [0.05, 0.1) is 16.1 Å². The summed E-state index contributed by atoms with van der Waals surface area (Å²) in [6, 6.07) is 3.46. The minimum Gasteiger partial charge on any atom is -0.267 e. The van der Waals surface area contributed by atoms with E-state index in [0.29, 0.717) is 5.56 Å². The number of carbonyl (C=O) groups is 1. The van der Waals surface area contributed by atoms with Crippen LogP contribution in [0, 0.1) is 0 Å². The molecule has 0 saturated heterocycles. The van der Waals surface area contributed by atoms with Gasteiger partial charge in [0.15, 0.2) is 0 Å². The second-order valence-electron chi connectivity index (χ2n) is 2.42. The van der Waals surface area contributed by atoms with Crippen LogP contribution in [0.2, 0.25) is 0 Å². The topological polar surface area (TPSA) is 42.3 Å². The van der Waals surface area contributed by atoms with Crippen molar-refractivity contribution < 1.29 is 4.79 Å². The van der Waals surface area contributed by atoms with E-state index in [1.54, 1.807) is 24.5 Å². The second-order valence-corrected chi connectivity index (χ2v) is 3.41. The molecule has 2 rings (SSSR count). The highest BCUT2D eigenvalue weighted by Crippen LogP contribution is 2.25. The summed E-state index contributed by atoms with van der Waals surface area (Å²) in [4.78, 5) is 18.9. The first-order valence-electron chi connectivity index (χ1n) is 3.46. The fraction of sp³-hybridized carbons (Fsp3) is 0.125. The standard InChI is InChI=1S/C8H5BrN2O/c9-6-4-11-8(12)5-2-1-3-10-7(5)6/h1-4,6H. The molecule has 0 radical (unpaired) electrons. The summed E-state index contributed by atoms with van der Waals surface area (Å²) >= 11 is 3.35. The summed E-state index contributed by atoms with van der Waals surface area (Å²) in [7, 11) is 0. The number of rotatable bonds is 0. The van der Waals surface area contributed by atoms with E-state index in [0.717, 1.165) is 5.69 Å². The van der Waals surface area contributed by atoms with Crippen molar-refractivity contribution in [3.05, 3.63) is 29.6 Å². The lowest BCUT2D eigenvalue weighted by Gasteiger charge is -2.11. The molecule has 1 aromatic rings. The smallest absolute Gasteiger partial charge is 0.267 e. The Balaban J connectivity index is 2.61. The van der Waals surface area contributed by atoms with E-state index in [2.05, 4.69) is 25.9 Å². The van der Waals surface area contributed by atoms with Crippen LogP contribution in [0.3, 0.4) is 0 Å². The van der Waals surface area contributed by atoms with Gasteiger partial charge in [-0.05, 0) is 12.1 Å². The number of fused-ring (bicyclic) bond motifs is 1. The van der Waals surface area contributed by atoms with Gasteiger partial charge in [-0.15, -0.1) is 0 Å². The average molecular weight is 225 g/mol. The summed E-state index contributed by atoms with van der Waals surface area (Å²) in [6.45, 7) is 0. The minimum atomic E-state index is -0.214. The fourth-order valence-electron chi connectivity index (χ4n) is 1.09. The molecular formula is C8H5BrN2O. The van der Waals surface area contributed by atoms with Gasteiger partial charge in [-0.1, -0.05) is 15.9 Å². The molecule has 1 amide bonds. The van der Waals surface area contributed by atoms with E-state index in [1.165, 1.54) is 0 Å². The van der Waals surface area contributed by atoms with Crippen molar-refractivity contribution in [2.45, 2.75) is 4.83 Å². The van der Waals surface area contributed by atoms with Gasteiger partial charge in [0, 0.05) is 12.4 Å². The Morgan fingerprint density at radius 1 is 1.50 bits per heavy atom. The molecule has 12 heavy (non-hydrogen) atoms. The molecule has 0 saturated carbocycles. The third kappa shape index (κ3) is 1.08. The number of pyridine rings is 1. The van der Waals surface area contributed by atoms with Crippen molar-refractivity contribution >= 4 is 28.1 Å². The Morgan fingerprint density at radius 3 is 3.08 bits per heavy atom. The van der Waals surface area contributed by atoms with E-state index < -0.39 is 0 Å². The molecule has 0 fully saturated rings. The predicted octanol–water partition coefficient (Wildman–Crippen LogP) is 1.74. The van der Waals surface area contributed by atoms with Crippen LogP contribution in [0.25, 0.3) is 0 Å². The van der Waals surface area contributed by atoms with Crippen LogP contribution in [-0.4, -0.2) is 17.1 Å². The van der Waals surface area contributed by atoms with Crippen LogP contribution < -0.4 is 0 Å². The second kappa shape index (κ2) is 2.79. The zero-order valence-corrected chi connectivity index (χ0v) is 7.65. The number of amides is 1. The van der Waals surface area contributed by atoms with Crippen molar-refractivity contribution in [3.63, 3.8) is 0 Å². The highest BCUT2D eigenvalue weighted by atomic mass is 79.9. The quantitative estimate of drug-likeness (QED) is 0.631. The average Bonchev–Trinajstić information content (AvgIpc) is 2.12. The van der Waals surface area contributed by atoms with Crippen LogP contribution in [0.4, 0.5) is 0 Å². The molecule has 0 bridgehead atoms. The Hall–Kier alpha value is -1.03. The van der Waals surface area contributed by atoms with Gasteiger partial charge in [0.1, 0.15) is 0 Å². The number of aromatic nitrogens is 1. The van der Waals surface area contributed by atoms with Gasteiger partial charge in [0.2, 0.25) is 0 Å². The lowest BCUT2D eigenvalue weighted by molar-refractivity contribution is 0.100. The van der Waals surface area contributed by atoms with Gasteiger partial charge in [-0.3, -0.25) is 9.78 Å². The van der Waals surface area contributed by atoms with Crippen LogP contribution in [0.1, 0.15) is 20.9 Å². The molecule has 1 unspecified atom stereocenters. The molecular weight excluding hydrogens is 220 g/mol. The summed E-state index contributed by atoms with van der Waals surface area (Å²) in [6.07, 6.45) is 3.22. The van der Waals surface area contributed by atoms with Gasteiger partial charge in [-0.25, -0.2) is 4.99 Å². The maximum Gasteiger partial charge on any atom is 0.278 e. The molecule has 1 atom stereocenters. The molecule has 1 aliphatic rings. The Morgan fingerprint density at radius 2 is 2.33 bits per heavy atom. The number of alkyl halides is 1. The number of nitrogens with zero attached hydrogens (tertiary/aromatic N) is 2. The van der Waals surface area contributed by atoms with E-state index in [9.17, 15) is 4.79 Å². The van der Waals surface area contributed by atoms with E-state index in [-0.39, 0.29) is 10.7 Å². The summed E-state index contributed by atoms with van der Waals surface area (Å²) in [5.41, 5.74) is 1.33. The maximum absolute atomic E-state index is 11.2. The molecule has 0 N–H and O–H groups in total. The zero-order chi connectivity index (χ0) is 8.55. The molecule has 0 aliphatic carbocycles. The minimum absolute atomic E-state index is 0.0357. The molecule has 3 nitrogen and oxygen atoms in total. The van der Waals surface area contributed by atoms with E-state index >= 15 is 0 Å². The fourth-order valence-corrected chi connectivity index (χ4v) is 1.57. The Labute approximate surface area is 77.7 Å². The molecule has 2 heterocycles. The Bertz CT molecular complexity index is 362. The number of hydrogen-bond acceptors (Lipinski definition) is 2. The summed E-state index contributed by atoms with van der Waals surface area (Å²) in [5, 5.41) is 0. The zero-order valence-electron chi connectivity index (χ0n) is 6.07. The van der Waals surface area contributed by atoms with Crippen molar-refractivity contribution in [3.8, 4) is 0 Å². The molecule has 0 spiro atoms. The third-order valence-electron chi connectivity index (χ3n) is 1.65. The lowest BCUT2D eigenvalue weighted by atomic mass is 10.1. The molecule has 0 aromatic carbocycles. The predicted molar refractivity (Wildman–Crippen MR) is 48.7 cm³/mol. The van der Waals surface area contributed by atoms with Crippen molar-refractivity contribution in [2.24, 2.45) is 4.99 Å². The normalized spacial score (nSPS) is 20.8. The molecule has 60 valence electrons. The highest BCUT2D eigenvalue weighted by molar-refractivity contribution is 9.09. The maximum atomic E-state index is 11.2. The van der Waals surface area contributed by atoms with Gasteiger partial charge in [-0.2, -0.15) is 0 Å². The van der Waals surface area contributed by atoms with Crippen molar-refractivity contribution in [2.75, 3.05) is 0 Å². The first-order valence-corrected chi connectivity index (χ1v) is 4.38. The number of hydrogen-bond donors (Lipinski definition) is 0. The van der Waals surface area contributed by atoms with E-state index in [4.69, 9.17) is 0 Å². The summed E-state index contributed by atoms with van der Waals surface area (Å²) < 4.78 is 0. The number of carbonyl (C=O) groups excluding carboxylic acids is 1. The first kappa shape index (κ1) is 7.61. The van der Waals surface area contributed by atoms with Crippen molar-refractivity contribution in [1.82, 2.24) is 4.98 Å². The van der Waals surface area contributed by atoms with E-state index in [1.807, 2.05) is 0 Å². The monoisotopic (exact) mass is 224 g/mol. The highest BCUT2D eigenvalue weighted by Gasteiger charge is 2.20. The molecule has 1 aliphatic heterocycles. The van der Waals surface area contributed by atoms with Gasteiger partial charge in [0.25, 0.3) is 5.91 Å². The van der Waals surface area contributed by atoms with Crippen LogP contribution in [-0.2, 0) is 0 Å². The Kier molecular flexibility index (Phi) is 1.77. The van der Waals surface area contributed by atoms with Crippen LogP contribution >= 0.6 is 15.9 Å². The van der Waals surface area contributed by atoms with Gasteiger partial charge >= 0.3 is 0 Å². The molecule has 1 aromatic heterocycles. The van der Waals surface area contributed by atoms with Crippen LogP contribution in [0.5, 0.6) is 0 Å².